The summed E-state index contributed by atoms with van der Waals surface area (Å²) in [5.74, 6) is 6.20. The van der Waals surface area contributed by atoms with Crippen molar-refractivity contribution < 1.29 is 13.2 Å². The fourth-order valence-electron chi connectivity index (χ4n) is 1.74. The van der Waals surface area contributed by atoms with Crippen molar-refractivity contribution in [1.82, 2.24) is 10.6 Å². The van der Waals surface area contributed by atoms with Gasteiger partial charge in [-0.2, -0.15) is 13.2 Å². The first-order valence-electron chi connectivity index (χ1n) is 7.65. The third-order valence-electron chi connectivity index (χ3n) is 2.89. The Kier molecular flexibility index (Phi) is 11.3. The maximum atomic E-state index is 12.6. The third kappa shape index (κ3) is 9.01. The summed E-state index contributed by atoms with van der Waals surface area (Å²) in [6.07, 6.45) is -2.27. The van der Waals surface area contributed by atoms with E-state index in [-0.39, 0.29) is 24.0 Å². The van der Waals surface area contributed by atoms with Gasteiger partial charge >= 0.3 is 6.18 Å². The van der Waals surface area contributed by atoms with Crippen LogP contribution in [0.1, 0.15) is 37.8 Å². The van der Waals surface area contributed by atoms with Gasteiger partial charge in [-0.25, -0.2) is 0 Å². The van der Waals surface area contributed by atoms with Crippen molar-refractivity contribution in [3.8, 4) is 11.8 Å². The van der Waals surface area contributed by atoms with Gasteiger partial charge in [0.2, 0.25) is 0 Å². The lowest BCUT2D eigenvalue weighted by Crippen LogP contribution is -2.37. The molecule has 2 N–H and O–H groups in total. The minimum atomic E-state index is -4.35. The summed E-state index contributed by atoms with van der Waals surface area (Å²) >= 11 is 0. The van der Waals surface area contributed by atoms with E-state index in [1.54, 1.807) is 6.07 Å². The number of hydrogen-bond acceptors (Lipinski definition) is 1. The Labute approximate surface area is 158 Å². The molecule has 0 spiro atoms. The fourth-order valence-corrected chi connectivity index (χ4v) is 1.74. The van der Waals surface area contributed by atoms with Gasteiger partial charge in [-0.3, -0.25) is 4.99 Å². The lowest BCUT2D eigenvalue weighted by Gasteiger charge is -2.08. The van der Waals surface area contributed by atoms with Gasteiger partial charge < -0.3 is 10.6 Å². The number of benzene rings is 1. The van der Waals surface area contributed by atoms with E-state index in [0.717, 1.165) is 38.1 Å². The molecule has 0 aromatic heterocycles. The second kappa shape index (κ2) is 12.0. The first-order valence-corrected chi connectivity index (χ1v) is 7.65. The van der Waals surface area contributed by atoms with Crippen LogP contribution in [0.15, 0.2) is 29.3 Å². The largest absolute Gasteiger partial charge is 0.416 e. The van der Waals surface area contributed by atoms with Crippen molar-refractivity contribution >= 4 is 29.9 Å². The molecule has 0 bridgehead atoms. The zero-order valence-electron chi connectivity index (χ0n) is 13.8. The number of guanidine groups is 1. The summed E-state index contributed by atoms with van der Waals surface area (Å²) in [4.78, 5) is 4.37. The van der Waals surface area contributed by atoms with E-state index >= 15 is 0 Å². The van der Waals surface area contributed by atoms with Crippen molar-refractivity contribution in [2.24, 2.45) is 4.99 Å². The molecule has 0 aliphatic carbocycles. The van der Waals surface area contributed by atoms with Crippen LogP contribution in [-0.2, 0) is 6.18 Å². The van der Waals surface area contributed by atoms with Gasteiger partial charge in [0, 0.05) is 18.7 Å². The second-order valence-corrected chi connectivity index (χ2v) is 4.85. The summed E-state index contributed by atoms with van der Waals surface area (Å²) in [6.45, 7) is 5.84. The molecule has 0 heterocycles. The molecule has 0 aliphatic heterocycles. The fraction of sp³-hybridized carbons (Fsp3) is 0.471. The van der Waals surface area contributed by atoms with E-state index < -0.39 is 11.7 Å². The van der Waals surface area contributed by atoms with Gasteiger partial charge in [-0.15, -0.1) is 24.0 Å². The Balaban J connectivity index is 0.00000529. The van der Waals surface area contributed by atoms with Crippen LogP contribution in [0.3, 0.4) is 0 Å². The molecule has 1 aromatic rings. The molecule has 1 aromatic carbocycles. The number of rotatable bonds is 5. The number of nitrogens with zero attached hydrogens (tertiary/aromatic N) is 1. The standard InChI is InChI=1S/C17H22F3N3.HI/c1-3-5-11-22-16(21-4-2)23-12-7-9-14-8-6-10-15(13-14)17(18,19)20;/h6,8,10,13H,3-5,11-12H2,1-2H3,(H2,21,22,23);1H. The average Bonchev–Trinajstić information content (AvgIpc) is 2.51. The topological polar surface area (TPSA) is 36.4 Å². The van der Waals surface area contributed by atoms with Crippen LogP contribution < -0.4 is 10.6 Å². The smallest absolute Gasteiger partial charge is 0.357 e. The molecular formula is C17H23F3IN3. The van der Waals surface area contributed by atoms with Crippen LogP contribution in [0.4, 0.5) is 13.2 Å². The van der Waals surface area contributed by atoms with E-state index in [1.807, 2.05) is 6.92 Å². The van der Waals surface area contributed by atoms with E-state index in [4.69, 9.17) is 0 Å². The van der Waals surface area contributed by atoms with Gasteiger partial charge in [0.05, 0.1) is 12.1 Å². The quantitative estimate of drug-likeness (QED) is 0.232. The van der Waals surface area contributed by atoms with Crippen LogP contribution in [0.5, 0.6) is 0 Å². The van der Waals surface area contributed by atoms with E-state index in [2.05, 4.69) is 34.4 Å². The highest BCUT2D eigenvalue weighted by atomic mass is 127. The van der Waals surface area contributed by atoms with Crippen LogP contribution in [0.25, 0.3) is 0 Å². The Morgan fingerprint density at radius 3 is 2.58 bits per heavy atom. The van der Waals surface area contributed by atoms with Crippen molar-refractivity contribution in [2.45, 2.75) is 32.9 Å². The molecule has 1 rings (SSSR count). The summed E-state index contributed by atoms with van der Waals surface area (Å²) in [6, 6.07) is 5.00. The summed E-state index contributed by atoms with van der Waals surface area (Å²) in [5.41, 5.74) is -0.346. The number of nitrogens with one attached hydrogen (secondary N) is 2. The maximum Gasteiger partial charge on any atom is 0.416 e. The number of unbranched alkanes of at least 4 members (excludes halogenated alkanes) is 1. The summed E-state index contributed by atoms with van der Waals surface area (Å²) in [7, 11) is 0. The normalized spacial score (nSPS) is 11.1. The van der Waals surface area contributed by atoms with Crippen molar-refractivity contribution in [2.75, 3.05) is 19.6 Å². The highest BCUT2D eigenvalue weighted by Crippen LogP contribution is 2.29. The number of hydrogen-bond donors (Lipinski definition) is 2. The molecule has 0 unspecified atom stereocenters. The number of halogens is 4. The highest BCUT2D eigenvalue weighted by Gasteiger charge is 2.30. The van der Waals surface area contributed by atoms with Crippen molar-refractivity contribution in [3.63, 3.8) is 0 Å². The molecule has 3 nitrogen and oxygen atoms in total. The Morgan fingerprint density at radius 1 is 1.21 bits per heavy atom. The van der Waals surface area contributed by atoms with Crippen LogP contribution in [-0.4, -0.2) is 25.6 Å². The maximum absolute atomic E-state index is 12.6. The van der Waals surface area contributed by atoms with Gasteiger partial charge in [0.15, 0.2) is 5.96 Å². The molecular weight excluding hydrogens is 430 g/mol. The lowest BCUT2D eigenvalue weighted by atomic mass is 10.1. The Morgan fingerprint density at radius 2 is 1.96 bits per heavy atom. The highest BCUT2D eigenvalue weighted by molar-refractivity contribution is 14.0. The van der Waals surface area contributed by atoms with Gasteiger partial charge in [0.1, 0.15) is 0 Å². The molecule has 7 heteroatoms. The predicted molar refractivity (Wildman–Crippen MR) is 103 cm³/mol. The monoisotopic (exact) mass is 453 g/mol. The van der Waals surface area contributed by atoms with Crippen LogP contribution in [0, 0.1) is 11.8 Å². The van der Waals surface area contributed by atoms with Gasteiger partial charge in [-0.05, 0) is 31.5 Å². The summed E-state index contributed by atoms with van der Waals surface area (Å²) < 4.78 is 37.8. The zero-order valence-corrected chi connectivity index (χ0v) is 16.2. The predicted octanol–water partition coefficient (Wildman–Crippen LogP) is 4.03. The van der Waals surface area contributed by atoms with Gasteiger partial charge in [0.25, 0.3) is 0 Å². The first-order chi connectivity index (χ1) is 11.0. The van der Waals surface area contributed by atoms with E-state index in [9.17, 15) is 13.2 Å². The van der Waals surface area contributed by atoms with Gasteiger partial charge in [-0.1, -0.05) is 31.3 Å². The van der Waals surface area contributed by atoms with Crippen molar-refractivity contribution in [1.29, 1.82) is 0 Å². The third-order valence-corrected chi connectivity index (χ3v) is 2.89. The Bertz CT molecular complexity index is 574. The Hall–Kier alpha value is -1.43. The molecule has 0 fully saturated rings. The minimum absolute atomic E-state index is 0. The molecule has 0 saturated carbocycles. The van der Waals surface area contributed by atoms with Crippen LogP contribution >= 0.6 is 24.0 Å². The zero-order chi connectivity index (χ0) is 17.1. The number of aliphatic imine (C=N–C) groups is 1. The van der Waals surface area contributed by atoms with E-state index in [0.29, 0.717) is 18.1 Å². The SMILES string of the molecule is CCCCN=C(NCC)NCC#Cc1cccc(C(F)(F)F)c1.I. The van der Waals surface area contributed by atoms with E-state index in [1.165, 1.54) is 6.07 Å². The van der Waals surface area contributed by atoms with Crippen molar-refractivity contribution in [3.05, 3.63) is 35.4 Å². The molecule has 134 valence electrons. The summed E-state index contributed by atoms with van der Waals surface area (Å²) in [5, 5.41) is 6.13. The first kappa shape index (κ1) is 22.6. The van der Waals surface area contributed by atoms with Crippen LogP contribution in [0.2, 0.25) is 0 Å². The second-order valence-electron chi connectivity index (χ2n) is 4.85. The molecule has 0 amide bonds. The number of alkyl halides is 3. The molecule has 24 heavy (non-hydrogen) atoms. The average molecular weight is 453 g/mol. The molecule has 0 radical (unpaired) electrons. The minimum Gasteiger partial charge on any atom is -0.357 e. The molecule has 0 aliphatic rings. The lowest BCUT2D eigenvalue weighted by molar-refractivity contribution is -0.137. The molecule has 0 atom stereocenters. The molecule has 0 saturated heterocycles.